The van der Waals surface area contributed by atoms with Gasteiger partial charge in [0.25, 0.3) is 0 Å². The molecule has 0 aliphatic rings. The SMILES string of the molecule is CCN(CC(=O)NCc1cccs1)C(=O)CSc1nnc(-c2ccco2)n1Cc1ccccc1. The number of nitrogens with one attached hydrogen (secondary N) is 1. The van der Waals surface area contributed by atoms with Crippen LogP contribution in [-0.2, 0) is 22.7 Å². The molecule has 8 nitrogen and oxygen atoms in total. The minimum atomic E-state index is -0.180. The Kier molecular flexibility index (Phi) is 8.16. The third kappa shape index (κ3) is 6.15. The zero-order valence-corrected chi connectivity index (χ0v) is 20.3. The number of carbonyl (C=O) groups is 2. The Morgan fingerprint density at radius 3 is 2.68 bits per heavy atom. The van der Waals surface area contributed by atoms with Gasteiger partial charge in [-0.3, -0.25) is 14.2 Å². The molecule has 0 fully saturated rings. The van der Waals surface area contributed by atoms with E-state index in [1.165, 1.54) is 11.8 Å². The molecule has 1 N–H and O–H groups in total. The molecule has 4 aromatic rings. The third-order valence-corrected chi connectivity index (χ3v) is 6.90. The van der Waals surface area contributed by atoms with Crippen LogP contribution in [0.15, 0.2) is 75.8 Å². The van der Waals surface area contributed by atoms with E-state index < -0.39 is 0 Å². The third-order valence-electron chi connectivity index (χ3n) is 5.08. The zero-order valence-electron chi connectivity index (χ0n) is 18.7. The lowest BCUT2D eigenvalue weighted by Gasteiger charge is -2.20. The summed E-state index contributed by atoms with van der Waals surface area (Å²) in [5.74, 6) is 1.05. The largest absolute Gasteiger partial charge is 0.461 e. The summed E-state index contributed by atoms with van der Waals surface area (Å²) in [4.78, 5) is 27.8. The van der Waals surface area contributed by atoms with E-state index in [-0.39, 0.29) is 24.1 Å². The molecule has 10 heteroatoms. The average molecular weight is 496 g/mol. The summed E-state index contributed by atoms with van der Waals surface area (Å²) < 4.78 is 7.48. The number of likely N-dealkylation sites (N-methyl/N-ethyl adjacent to an activating group) is 1. The van der Waals surface area contributed by atoms with Crippen LogP contribution in [0.1, 0.15) is 17.4 Å². The molecular formula is C24H25N5O3S2. The fourth-order valence-corrected chi connectivity index (χ4v) is 4.80. The van der Waals surface area contributed by atoms with Gasteiger partial charge < -0.3 is 14.6 Å². The number of aromatic nitrogens is 3. The van der Waals surface area contributed by atoms with Crippen molar-refractivity contribution in [2.45, 2.75) is 25.2 Å². The van der Waals surface area contributed by atoms with Crippen molar-refractivity contribution in [3.63, 3.8) is 0 Å². The van der Waals surface area contributed by atoms with Crippen LogP contribution in [0.25, 0.3) is 11.6 Å². The van der Waals surface area contributed by atoms with Gasteiger partial charge >= 0.3 is 0 Å². The molecule has 0 radical (unpaired) electrons. The van der Waals surface area contributed by atoms with Crippen LogP contribution in [0.3, 0.4) is 0 Å². The first-order valence-electron chi connectivity index (χ1n) is 10.8. The maximum atomic E-state index is 12.9. The molecule has 4 rings (SSSR count). The Balaban J connectivity index is 1.40. The van der Waals surface area contributed by atoms with Gasteiger partial charge in [0.1, 0.15) is 0 Å². The second-order valence-electron chi connectivity index (χ2n) is 7.41. The zero-order chi connectivity index (χ0) is 23.8. The normalized spacial score (nSPS) is 10.9. The summed E-state index contributed by atoms with van der Waals surface area (Å²) in [5.41, 5.74) is 1.08. The predicted octanol–water partition coefficient (Wildman–Crippen LogP) is 3.90. The topological polar surface area (TPSA) is 93.3 Å². The predicted molar refractivity (Wildman–Crippen MR) is 132 cm³/mol. The molecule has 0 spiro atoms. The molecule has 0 saturated heterocycles. The number of thiophene rings is 1. The van der Waals surface area contributed by atoms with E-state index in [2.05, 4.69) is 15.5 Å². The summed E-state index contributed by atoms with van der Waals surface area (Å²) in [6, 6.07) is 17.5. The van der Waals surface area contributed by atoms with Crippen LogP contribution in [0.5, 0.6) is 0 Å². The van der Waals surface area contributed by atoms with Crippen LogP contribution < -0.4 is 5.32 Å². The molecule has 1 aromatic carbocycles. The summed E-state index contributed by atoms with van der Waals surface area (Å²) >= 11 is 2.88. The standard InChI is InChI=1S/C24H25N5O3S2/c1-2-28(16-21(30)25-14-19-10-7-13-33-19)22(31)17-34-24-27-26-23(20-11-6-12-32-20)29(24)15-18-8-4-3-5-9-18/h3-13H,2,14-17H2,1H3,(H,25,30). The highest BCUT2D eigenvalue weighted by Gasteiger charge is 2.20. The van der Waals surface area contributed by atoms with Gasteiger partial charge in [0, 0.05) is 11.4 Å². The Morgan fingerprint density at radius 1 is 1.12 bits per heavy atom. The van der Waals surface area contributed by atoms with E-state index in [9.17, 15) is 9.59 Å². The molecule has 176 valence electrons. The van der Waals surface area contributed by atoms with E-state index in [1.54, 1.807) is 28.6 Å². The van der Waals surface area contributed by atoms with Crippen molar-refractivity contribution in [1.82, 2.24) is 25.0 Å². The highest BCUT2D eigenvalue weighted by molar-refractivity contribution is 7.99. The second-order valence-corrected chi connectivity index (χ2v) is 9.38. The highest BCUT2D eigenvalue weighted by Crippen LogP contribution is 2.25. The van der Waals surface area contributed by atoms with Crippen LogP contribution in [-0.4, -0.2) is 50.3 Å². The van der Waals surface area contributed by atoms with Gasteiger partial charge in [-0.1, -0.05) is 48.2 Å². The quantitative estimate of drug-likeness (QED) is 0.317. The number of hydrogen-bond donors (Lipinski definition) is 1. The summed E-state index contributed by atoms with van der Waals surface area (Å²) in [6.45, 7) is 3.34. The molecule has 0 saturated carbocycles. The lowest BCUT2D eigenvalue weighted by atomic mass is 10.2. The van der Waals surface area contributed by atoms with Crippen LogP contribution >= 0.6 is 23.1 Å². The number of hydrogen-bond acceptors (Lipinski definition) is 7. The van der Waals surface area contributed by atoms with Crippen molar-refractivity contribution in [1.29, 1.82) is 0 Å². The van der Waals surface area contributed by atoms with Gasteiger partial charge in [0.05, 0.1) is 31.7 Å². The van der Waals surface area contributed by atoms with Gasteiger partial charge in [-0.05, 0) is 36.1 Å². The molecule has 0 atom stereocenters. The van der Waals surface area contributed by atoms with Crippen molar-refractivity contribution >= 4 is 34.9 Å². The molecule has 34 heavy (non-hydrogen) atoms. The van der Waals surface area contributed by atoms with Gasteiger partial charge in [-0.15, -0.1) is 21.5 Å². The number of thioether (sulfide) groups is 1. The average Bonchev–Trinajstić information content (AvgIpc) is 3.63. The maximum Gasteiger partial charge on any atom is 0.239 e. The number of furan rings is 1. The van der Waals surface area contributed by atoms with Gasteiger partial charge in [-0.25, -0.2) is 0 Å². The summed E-state index contributed by atoms with van der Waals surface area (Å²) in [7, 11) is 0. The van der Waals surface area contributed by atoms with Gasteiger partial charge in [-0.2, -0.15) is 0 Å². The minimum absolute atomic E-state index is 0.0234. The summed E-state index contributed by atoms with van der Waals surface area (Å²) in [5, 5.41) is 14.1. The minimum Gasteiger partial charge on any atom is -0.461 e. The number of benzene rings is 1. The number of carbonyl (C=O) groups excluding carboxylic acids is 2. The molecule has 3 aromatic heterocycles. The first-order chi connectivity index (χ1) is 16.6. The van der Waals surface area contributed by atoms with Crippen molar-refractivity contribution < 1.29 is 14.0 Å². The lowest BCUT2D eigenvalue weighted by Crippen LogP contribution is -2.41. The molecule has 0 aliphatic heterocycles. The van der Waals surface area contributed by atoms with Gasteiger partial charge in [0.15, 0.2) is 10.9 Å². The Hall–Kier alpha value is -3.37. The van der Waals surface area contributed by atoms with Crippen LogP contribution in [0.2, 0.25) is 0 Å². The smallest absolute Gasteiger partial charge is 0.239 e. The summed E-state index contributed by atoms with van der Waals surface area (Å²) in [6.07, 6.45) is 1.59. The van der Waals surface area contributed by atoms with E-state index in [0.29, 0.717) is 36.4 Å². The van der Waals surface area contributed by atoms with Gasteiger partial charge in [0.2, 0.25) is 17.6 Å². The van der Waals surface area contributed by atoms with Crippen molar-refractivity contribution in [2.75, 3.05) is 18.8 Å². The van der Waals surface area contributed by atoms with Crippen molar-refractivity contribution in [3.8, 4) is 11.6 Å². The second kappa shape index (κ2) is 11.7. The first-order valence-corrected chi connectivity index (χ1v) is 12.7. The maximum absolute atomic E-state index is 12.9. The van der Waals surface area contributed by atoms with E-state index >= 15 is 0 Å². The Labute approximate surface area is 206 Å². The van der Waals surface area contributed by atoms with E-state index in [0.717, 1.165) is 10.4 Å². The van der Waals surface area contributed by atoms with Crippen LogP contribution in [0, 0.1) is 0 Å². The van der Waals surface area contributed by atoms with Crippen molar-refractivity contribution in [3.05, 3.63) is 76.7 Å². The number of amides is 2. The Morgan fingerprint density at radius 2 is 1.97 bits per heavy atom. The Bertz CT molecular complexity index is 1190. The molecule has 0 unspecified atom stereocenters. The first kappa shape index (κ1) is 23.8. The van der Waals surface area contributed by atoms with E-state index in [4.69, 9.17) is 4.42 Å². The van der Waals surface area contributed by atoms with E-state index in [1.807, 2.05) is 65.4 Å². The fourth-order valence-electron chi connectivity index (χ4n) is 3.31. The van der Waals surface area contributed by atoms with Crippen LogP contribution in [0.4, 0.5) is 0 Å². The number of rotatable bonds is 11. The highest BCUT2D eigenvalue weighted by atomic mass is 32.2. The lowest BCUT2D eigenvalue weighted by molar-refractivity contribution is -0.133. The number of nitrogens with zero attached hydrogens (tertiary/aromatic N) is 4. The molecule has 2 amide bonds. The molecule has 0 aliphatic carbocycles. The molecular weight excluding hydrogens is 470 g/mol. The fraction of sp³-hybridized carbons (Fsp3) is 0.250. The van der Waals surface area contributed by atoms with Crippen molar-refractivity contribution in [2.24, 2.45) is 0 Å². The molecule has 0 bridgehead atoms. The monoisotopic (exact) mass is 495 g/mol. The molecule has 3 heterocycles.